The van der Waals surface area contributed by atoms with Crippen molar-refractivity contribution in [1.29, 1.82) is 0 Å². The van der Waals surface area contributed by atoms with Gasteiger partial charge in [-0.3, -0.25) is 4.57 Å². The first-order valence-corrected chi connectivity index (χ1v) is 11.0. The molecule has 0 aliphatic heterocycles. The van der Waals surface area contributed by atoms with Gasteiger partial charge in [0.2, 0.25) is 0 Å². The molecule has 1 aromatic carbocycles. The fourth-order valence-electron chi connectivity index (χ4n) is 3.32. The number of amides is 1. The average molecular weight is 481 g/mol. The van der Waals surface area contributed by atoms with E-state index >= 15 is 0 Å². The second-order valence-corrected chi connectivity index (χ2v) is 7.84. The fraction of sp³-hybridized carbons (Fsp3) is 0.292. The molecule has 11 nitrogen and oxygen atoms in total. The van der Waals surface area contributed by atoms with Gasteiger partial charge in [0.25, 0.3) is 0 Å². The van der Waals surface area contributed by atoms with Crippen molar-refractivity contribution in [3.8, 4) is 0 Å². The third kappa shape index (κ3) is 7.56. The molecule has 3 rings (SSSR count). The topological polar surface area (TPSA) is 139 Å². The summed E-state index contributed by atoms with van der Waals surface area (Å²) >= 11 is 0. The average Bonchev–Trinajstić information content (AvgIpc) is 2.85. The van der Waals surface area contributed by atoms with Gasteiger partial charge in [-0.05, 0) is 24.6 Å². The summed E-state index contributed by atoms with van der Waals surface area (Å²) in [5, 5.41) is 15.0. The van der Waals surface area contributed by atoms with E-state index in [1.165, 1.54) is 6.20 Å². The quantitative estimate of drug-likeness (QED) is 0.375. The highest BCUT2D eigenvalue weighted by Crippen LogP contribution is 2.13. The number of hydrogen-bond donors (Lipinski definition) is 3. The van der Waals surface area contributed by atoms with Crippen LogP contribution >= 0.6 is 0 Å². The number of hydrogen-bond acceptors (Lipinski definition) is 8. The molecule has 1 amide bonds. The van der Waals surface area contributed by atoms with Crippen LogP contribution in [0.15, 0.2) is 65.7 Å². The minimum Gasteiger partial charge on any atom is -0.480 e. The standard InChI is InChI=1S/C24H28N6O5/c1-17-14-30(15-19(22(31)32)27-24(34)35-16-18-8-4-3-5-9-18)23(33)28-21(17)29(2)13-12-26-20-10-6-7-11-25-20/h3-11,14,19H,12-13,15-16H2,1-2H3,(H,25,26)(H,27,34)(H,31,32)/t19-/m0/s1. The summed E-state index contributed by atoms with van der Waals surface area (Å²) in [7, 11) is 1.81. The van der Waals surface area contributed by atoms with Gasteiger partial charge in [0.05, 0.1) is 6.54 Å². The van der Waals surface area contributed by atoms with E-state index in [-0.39, 0.29) is 13.2 Å². The lowest BCUT2D eigenvalue weighted by Gasteiger charge is -2.22. The normalized spacial score (nSPS) is 11.4. The number of carboxylic acid groups (broad SMARTS) is 1. The van der Waals surface area contributed by atoms with E-state index in [0.29, 0.717) is 24.5 Å². The Morgan fingerprint density at radius 3 is 2.60 bits per heavy atom. The number of alkyl carbamates (subject to hydrolysis) is 1. The summed E-state index contributed by atoms with van der Waals surface area (Å²) in [5.41, 5.74) is 0.821. The minimum atomic E-state index is -1.37. The smallest absolute Gasteiger partial charge is 0.408 e. The molecule has 0 saturated carbocycles. The van der Waals surface area contributed by atoms with Crippen LogP contribution in [-0.4, -0.2) is 57.9 Å². The number of rotatable bonds is 11. The molecule has 1 atom stereocenters. The van der Waals surface area contributed by atoms with E-state index in [9.17, 15) is 19.5 Å². The third-order valence-corrected chi connectivity index (χ3v) is 5.11. The van der Waals surface area contributed by atoms with Crippen LogP contribution in [0.5, 0.6) is 0 Å². The zero-order valence-electron chi connectivity index (χ0n) is 19.5. The highest BCUT2D eigenvalue weighted by Gasteiger charge is 2.23. The molecule has 0 bridgehead atoms. The Labute approximate surface area is 202 Å². The molecule has 2 heterocycles. The number of anilines is 2. The monoisotopic (exact) mass is 480 g/mol. The number of carboxylic acids is 1. The van der Waals surface area contributed by atoms with Crippen LogP contribution in [0.3, 0.4) is 0 Å². The maximum Gasteiger partial charge on any atom is 0.408 e. The number of likely N-dealkylation sites (N-methyl/N-ethyl adjacent to an activating group) is 1. The van der Waals surface area contributed by atoms with Crippen molar-refractivity contribution >= 4 is 23.7 Å². The Morgan fingerprint density at radius 1 is 1.17 bits per heavy atom. The SMILES string of the molecule is Cc1cn(C[C@H](NC(=O)OCc2ccccc2)C(=O)O)c(=O)nc1N(C)CCNc1ccccn1. The lowest BCUT2D eigenvalue weighted by molar-refractivity contribution is -0.139. The van der Waals surface area contributed by atoms with Crippen LogP contribution in [0.1, 0.15) is 11.1 Å². The third-order valence-electron chi connectivity index (χ3n) is 5.11. The van der Waals surface area contributed by atoms with Crippen LogP contribution in [0.25, 0.3) is 0 Å². The first kappa shape index (κ1) is 25.2. The maximum absolute atomic E-state index is 12.6. The summed E-state index contributed by atoms with van der Waals surface area (Å²) in [6.45, 7) is 2.61. The number of aliphatic carboxylic acids is 1. The van der Waals surface area contributed by atoms with Gasteiger partial charge in [-0.25, -0.2) is 19.4 Å². The Balaban J connectivity index is 1.59. The van der Waals surface area contributed by atoms with Crippen molar-refractivity contribution in [3.05, 3.63) is 82.5 Å². The molecule has 0 spiro atoms. The number of aromatic nitrogens is 3. The Morgan fingerprint density at radius 2 is 1.91 bits per heavy atom. The van der Waals surface area contributed by atoms with E-state index in [2.05, 4.69) is 20.6 Å². The van der Waals surface area contributed by atoms with Gasteiger partial charge >= 0.3 is 17.8 Å². The van der Waals surface area contributed by atoms with Crippen LogP contribution in [-0.2, 0) is 22.7 Å². The largest absolute Gasteiger partial charge is 0.480 e. The number of nitrogens with zero attached hydrogens (tertiary/aromatic N) is 4. The molecule has 3 N–H and O–H groups in total. The first-order valence-electron chi connectivity index (χ1n) is 11.0. The van der Waals surface area contributed by atoms with E-state index in [1.807, 2.05) is 36.2 Å². The Kier molecular flexibility index (Phi) is 8.76. The van der Waals surface area contributed by atoms with Gasteiger partial charge in [-0.1, -0.05) is 36.4 Å². The van der Waals surface area contributed by atoms with Crippen molar-refractivity contribution in [1.82, 2.24) is 19.9 Å². The number of carbonyl (C=O) groups excluding carboxylic acids is 1. The molecule has 11 heteroatoms. The number of aryl methyl sites for hydroxylation is 1. The number of ether oxygens (including phenoxy) is 1. The van der Waals surface area contributed by atoms with E-state index in [0.717, 1.165) is 15.9 Å². The zero-order chi connectivity index (χ0) is 25.2. The molecule has 35 heavy (non-hydrogen) atoms. The van der Waals surface area contributed by atoms with E-state index in [1.54, 1.807) is 37.4 Å². The second-order valence-electron chi connectivity index (χ2n) is 7.84. The first-order chi connectivity index (χ1) is 16.8. The second kappa shape index (κ2) is 12.2. The molecule has 0 saturated heterocycles. The van der Waals surface area contributed by atoms with Gasteiger partial charge < -0.3 is 25.4 Å². The predicted octanol–water partition coefficient (Wildman–Crippen LogP) is 1.87. The number of benzene rings is 1. The highest BCUT2D eigenvalue weighted by atomic mass is 16.5. The van der Waals surface area contributed by atoms with Gasteiger partial charge in [0.1, 0.15) is 24.3 Å². The van der Waals surface area contributed by atoms with Crippen molar-refractivity contribution in [3.63, 3.8) is 0 Å². The van der Waals surface area contributed by atoms with Gasteiger partial charge in [-0.15, -0.1) is 0 Å². The molecule has 0 fully saturated rings. The molecule has 0 aliphatic rings. The molecule has 0 aliphatic carbocycles. The number of pyridine rings is 1. The van der Waals surface area contributed by atoms with E-state index < -0.39 is 23.8 Å². The van der Waals surface area contributed by atoms with Gasteiger partial charge in [0.15, 0.2) is 0 Å². The summed E-state index contributed by atoms with van der Waals surface area (Å²) in [4.78, 5) is 46.5. The molecular weight excluding hydrogens is 452 g/mol. The maximum atomic E-state index is 12.6. The minimum absolute atomic E-state index is 0.00412. The summed E-state index contributed by atoms with van der Waals surface area (Å²) in [5.74, 6) is -0.0697. The van der Waals surface area contributed by atoms with Crippen molar-refractivity contribution < 1.29 is 19.4 Å². The Hall–Kier alpha value is -4.41. The lowest BCUT2D eigenvalue weighted by atomic mass is 10.2. The molecule has 0 radical (unpaired) electrons. The van der Waals surface area contributed by atoms with Crippen molar-refractivity contribution in [2.75, 3.05) is 30.4 Å². The predicted molar refractivity (Wildman–Crippen MR) is 130 cm³/mol. The van der Waals surface area contributed by atoms with Gasteiger partial charge in [0, 0.05) is 38.1 Å². The number of carbonyl (C=O) groups is 2. The molecule has 2 aromatic heterocycles. The van der Waals surface area contributed by atoms with Crippen LogP contribution in [0.4, 0.5) is 16.4 Å². The highest BCUT2D eigenvalue weighted by molar-refractivity contribution is 5.79. The fourth-order valence-corrected chi connectivity index (χ4v) is 3.32. The van der Waals surface area contributed by atoms with E-state index in [4.69, 9.17) is 4.74 Å². The zero-order valence-corrected chi connectivity index (χ0v) is 19.5. The van der Waals surface area contributed by atoms with Crippen LogP contribution in [0, 0.1) is 6.92 Å². The van der Waals surface area contributed by atoms with Gasteiger partial charge in [-0.2, -0.15) is 4.98 Å². The lowest BCUT2D eigenvalue weighted by Crippen LogP contribution is -2.46. The van der Waals surface area contributed by atoms with Crippen molar-refractivity contribution in [2.45, 2.75) is 26.1 Å². The summed E-state index contributed by atoms with van der Waals surface area (Å²) in [6.07, 6.45) is 2.33. The number of nitrogens with one attached hydrogen (secondary N) is 2. The van der Waals surface area contributed by atoms with Crippen LogP contribution in [0.2, 0.25) is 0 Å². The molecular formula is C24H28N6O5. The molecule has 184 valence electrons. The molecule has 3 aromatic rings. The van der Waals surface area contributed by atoms with Crippen LogP contribution < -0.4 is 21.2 Å². The Bertz CT molecular complexity index is 1190. The summed E-state index contributed by atoms with van der Waals surface area (Å²) in [6, 6.07) is 13.2. The summed E-state index contributed by atoms with van der Waals surface area (Å²) < 4.78 is 6.25. The molecule has 0 unspecified atom stereocenters. The van der Waals surface area contributed by atoms with Crippen molar-refractivity contribution in [2.24, 2.45) is 0 Å².